The van der Waals surface area contributed by atoms with Crippen molar-refractivity contribution in [2.45, 2.75) is 52.3 Å². The molecule has 200 valence electrons. The van der Waals surface area contributed by atoms with Crippen molar-refractivity contribution < 1.29 is 27.2 Å². The molecular weight excluding hydrogens is 503 g/mol. The third-order valence-electron chi connectivity index (χ3n) is 6.77. The zero-order valence-corrected chi connectivity index (χ0v) is 21.0. The number of ketones is 1. The third-order valence-corrected chi connectivity index (χ3v) is 6.77. The highest BCUT2D eigenvalue weighted by molar-refractivity contribution is 6.05. The second kappa shape index (κ2) is 9.69. The lowest BCUT2D eigenvalue weighted by Gasteiger charge is -2.46. The van der Waals surface area contributed by atoms with Crippen LogP contribution in [0.5, 0.6) is 0 Å². The van der Waals surface area contributed by atoms with Gasteiger partial charge in [0.15, 0.2) is 23.3 Å². The van der Waals surface area contributed by atoms with Crippen molar-refractivity contribution in [3.8, 4) is 11.3 Å². The van der Waals surface area contributed by atoms with Gasteiger partial charge in [0.05, 0.1) is 23.9 Å². The second-order valence-corrected chi connectivity index (χ2v) is 9.59. The van der Waals surface area contributed by atoms with Crippen molar-refractivity contribution in [2.24, 2.45) is 5.92 Å². The predicted octanol–water partition coefficient (Wildman–Crippen LogP) is 4.94. The van der Waals surface area contributed by atoms with E-state index < -0.39 is 30.3 Å². The number of Topliss-reactive ketones (excluding diaryl/α,β-unsaturated/α-hetero) is 1. The summed E-state index contributed by atoms with van der Waals surface area (Å²) >= 11 is 0. The molecule has 2 amide bonds. The number of halogens is 3. The Morgan fingerprint density at radius 3 is 2.74 bits per heavy atom. The molecule has 38 heavy (non-hydrogen) atoms. The third kappa shape index (κ3) is 4.92. The summed E-state index contributed by atoms with van der Waals surface area (Å²) in [6.07, 6.45) is -0.661. The van der Waals surface area contributed by atoms with Crippen molar-refractivity contribution >= 4 is 29.1 Å². The number of amides is 2. The molecule has 3 aromatic heterocycles. The number of rotatable bonds is 5. The fourth-order valence-electron chi connectivity index (χ4n) is 4.82. The zero-order valence-electron chi connectivity index (χ0n) is 21.0. The Balaban J connectivity index is 1.47. The number of carbonyl (C=O) groups is 2. The molecule has 2 bridgehead atoms. The van der Waals surface area contributed by atoms with Gasteiger partial charge in [-0.25, -0.2) is 24.7 Å². The summed E-state index contributed by atoms with van der Waals surface area (Å²) in [5.41, 5.74) is 1.69. The van der Waals surface area contributed by atoms with Crippen molar-refractivity contribution in [3.63, 3.8) is 0 Å². The number of pyridine rings is 1. The molecule has 0 aliphatic carbocycles. The van der Waals surface area contributed by atoms with Crippen LogP contribution >= 0.6 is 0 Å². The van der Waals surface area contributed by atoms with Crippen LogP contribution in [0.1, 0.15) is 48.4 Å². The molecule has 2 aliphatic rings. The summed E-state index contributed by atoms with van der Waals surface area (Å²) in [5, 5.41) is 2.79. The fourth-order valence-corrected chi connectivity index (χ4v) is 4.82. The molecule has 1 saturated heterocycles. The largest absolute Gasteiger partial charge is 0.441 e. The Kier molecular flexibility index (Phi) is 6.53. The van der Waals surface area contributed by atoms with Crippen LogP contribution in [0.2, 0.25) is 0 Å². The van der Waals surface area contributed by atoms with E-state index in [1.807, 2.05) is 0 Å². The molecule has 0 aromatic carbocycles. The first-order valence-corrected chi connectivity index (χ1v) is 12.2. The van der Waals surface area contributed by atoms with E-state index in [1.54, 1.807) is 32.2 Å². The van der Waals surface area contributed by atoms with Gasteiger partial charge in [-0.1, -0.05) is 6.92 Å². The molecule has 0 unspecified atom stereocenters. The number of carbonyl (C=O) groups excluding carboxylic acids is 2. The first-order valence-electron chi connectivity index (χ1n) is 12.2. The summed E-state index contributed by atoms with van der Waals surface area (Å²) in [5.74, 6) is -1.52. The van der Waals surface area contributed by atoms with E-state index in [9.17, 15) is 22.8 Å². The minimum Gasteiger partial charge on any atom is -0.441 e. The van der Waals surface area contributed by atoms with Gasteiger partial charge in [0.1, 0.15) is 11.5 Å². The molecule has 2 aliphatic heterocycles. The number of hydrogen-bond acceptors (Lipinski definition) is 8. The minimum absolute atomic E-state index is 0.205. The highest BCUT2D eigenvalue weighted by Crippen LogP contribution is 2.40. The molecule has 1 N–H and O–H groups in total. The number of hydrogen-bond donors (Lipinski definition) is 1. The Labute approximate surface area is 216 Å². The lowest BCUT2D eigenvalue weighted by molar-refractivity contribution is -0.168. The van der Waals surface area contributed by atoms with E-state index in [1.165, 1.54) is 11.1 Å². The smallest absolute Gasteiger partial charge is 0.391 e. The monoisotopic (exact) mass is 529 g/mol. The summed E-state index contributed by atoms with van der Waals surface area (Å²) in [7, 11) is 0. The molecule has 0 spiro atoms. The SMILES string of the molecule is Cc1ncc(-c2ccnc(NC(=O)N3c4nc(C(=O)C[C@H](C)C(F)(F)F)nc(C)c4N4CCC[C@H]3C4)c2)o1. The molecule has 10 nitrogen and oxygen atoms in total. The van der Waals surface area contributed by atoms with Crippen LogP contribution in [0.3, 0.4) is 0 Å². The first-order chi connectivity index (χ1) is 18.0. The van der Waals surface area contributed by atoms with Crippen LogP contribution in [0, 0.1) is 19.8 Å². The van der Waals surface area contributed by atoms with Gasteiger partial charge in [-0.15, -0.1) is 0 Å². The fraction of sp³-hybridized carbons (Fsp3) is 0.440. The van der Waals surface area contributed by atoms with Gasteiger partial charge in [-0.3, -0.25) is 15.0 Å². The number of aromatic nitrogens is 4. The topological polar surface area (TPSA) is 117 Å². The maximum Gasteiger partial charge on any atom is 0.391 e. The number of oxazole rings is 1. The Hall–Kier alpha value is -4.03. The van der Waals surface area contributed by atoms with Gasteiger partial charge in [0, 0.05) is 38.2 Å². The number of nitrogens with one attached hydrogen (secondary N) is 1. The molecule has 5 heterocycles. The quantitative estimate of drug-likeness (QED) is 0.462. The number of fused-ring (bicyclic) bond motifs is 4. The maximum absolute atomic E-state index is 13.6. The highest BCUT2D eigenvalue weighted by atomic mass is 19.4. The number of alkyl halides is 3. The van der Waals surface area contributed by atoms with E-state index >= 15 is 0 Å². The number of anilines is 3. The van der Waals surface area contributed by atoms with Crippen molar-refractivity contribution in [2.75, 3.05) is 28.2 Å². The number of nitrogens with zero attached hydrogens (tertiary/aromatic N) is 6. The summed E-state index contributed by atoms with van der Waals surface area (Å²) in [4.78, 5) is 46.8. The van der Waals surface area contributed by atoms with Crippen molar-refractivity contribution in [1.29, 1.82) is 0 Å². The van der Waals surface area contributed by atoms with Crippen LogP contribution in [0.15, 0.2) is 28.9 Å². The standard InChI is InChI=1S/C25H26F3N7O3/c1-13(25(26,27)28)9-18(36)22-31-14(2)21-23(33-22)35(17-5-4-8-34(21)12-17)24(37)32-20-10-16(6-7-29-20)19-11-30-15(3)38-19/h6-7,10-11,13,17H,4-5,8-9,12H2,1-3H3,(H,29,32,37)/t13-,17-/m0/s1. The maximum atomic E-state index is 13.6. The van der Waals surface area contributed by atoms with Crippen LogP contribution < -0.4 is 15.1 Å². The van der Waals surface area contributed by atoms with E-state index in [0.717, 1.165) is 19.9 Å². The lowest BCUT2D eigenvalue weighted by atomic mass is 9.99. The predicted molar refractivity (Wildman–Crippen MR) is 132 cm³/mol. The highest BCUT2D eigenvalue weighted by Gasteiger charge is 2.41. The first kappa shape index (κ1) is 25.6. The molecular formula is C25H26F3N7O3. The van der Waals surface area contributed by atoms with E-state index in [-0.39, 0.29) is 23.5 Å². The van der Waals surface area contributed by atoms with E-state index in [0.29, 0.717) is 41.6 Å². The van der Waals surface area contributed by atoms with Gasteiger partial charge in [-0.05, 0) is 31.9 Å². The number of piperidine rings is 1. The molecule has 2 atom stereocenters. The molecule has 13 heteroatoms. The Morgan fingerprint density at radius 2 is 2.03 bits per heavy atom. The number of aryl methyl sites for hydroxylation is 2. The van der Waals surface area contributed by atoms with Gasteiger partial charge in [0.2, 0.25) is 5.78 Å². The van der Waals surface area contributed by atoms with Crippen LogP contribution in [-0.4, -0.2) is 57.1 Å². The molecule has 1 fully saturated rings. The van der Waals surface area contributed by atoms with E-state index in [2.05, 4.69) is 30.2 Å². The number of urea groups is 1. The van der Waals surface area contributed by atoms with Gasteiger partial charge in [0.25, 0.3) is 0 Å². The van der Waals surface area contributed by atoms with Gasteiger partial charge >= 0.3 is 12.2 Å². The average Bonchev–Trinajstić information content (AvgIpc) is 3.29. The Bertz CT molecular complexity index is 1390. The summed E-state index contributed by atoms with van der Waals surface area (Å²) in [6, 6.07) is 2.61. The van der Waals surface area contributed by atoms with Gasteiger partial charge < -0.3 is 9.32 Å². The van der Waals surface area contributed by atoms with Crippen molar-refractivity contribution in [3.05, 3.63) is 41.9 Å². The Morgan fingerprint density at radius 1 is 1.24 bits per heavy atom. The normalized spacial score (nSPS) is 17.7. The van der Waals surface area contributed by atoms with Crippen LogP contribution in [0.25, 0.3) is 11.3 Å². The summed E-state index contributed by atoms with van der Waals surface area (Å²) < 4.78 is 44.8. The van der Waals surface area contributed by atoms with Crippen LogP contribution in [0.4, 0.5) is 35.3 Å². The average molecular weight is 530 g/mol. The molecule has 5 rings (SSSR count). The zero-order chi connectivity index (χ0) is 27.2. The molecule has 0 saturated carbocycles. The molecule has 0 radical (unpaired) electrons. The molecule has 3 aromatic rings. The minimum atomic E-state index is -4.51. The van der Waals surface area contributed by atoms with Gasteiger partial charge in [-0.2, -0.15) is 13.2 Å². The van der Waals surface area contributed by atoms with Crippen LogP contribution in [-0.2, 0) is 0 Å². The van der Waals surface area contributed by atoms with Crippen molar-refractivity contribution in [1.82, 2.24) is 19.9 Å². The van der Waals surface area contributed by atoms with E-state index in [4.69, 9.17) is 4.42 Å². The second-order valence-electron chi connectivity index (χ2n) is 9.59. The lowest BCUT2D eigenvalue weighted by Crippen LogP contribution is -2.56. The summed E-state index contributed by atoms with van der Waals surface area (Å²) in [6.45, 7) is 5.61.